The molecule has 0 saturated heterocycles. The number of carbonyl (C=O) groups is 2. The van der Waals surface area contributed by atoms with Crippen molar-refractivity contribution in [3.05, 3.63) is 101 Å². The van der Waals surface area contributed by atoms with E-state index in [0.29, 0.717) is 23.4 Å². The summed E-state index contributed by atoms with van der Waals surface area (Å²) in [5.74, 6) is -0.987. The van der Waals surface area contributed by atoms with Crippen LogP contribution in [0.15, 0.2) is 77.6 Å². The summed E-state index contributed by atoms with van der Waals surface area (Å²) in [5, 5.41) is 16.0. The highest BCUT2D eigenvalue weighted by atomic mass is 32.2. The van der Waals surface area contributed by atoms with Crippen molar-refractivity contribution in [1.82, 2.24) is 10.3 Å². The molecule has 0 saturated carbocycles. The Hall–Kier alpha value is -4.83. The topological polar surface area (TPSA) is 175 Å². The van der Waals surface area contributed by atoms with Gasteiger partial charge in [-0.15, -0.1) is 0 Å². The number of primary sulfonamides is 1. The Morgan fingerprint density at radius 3 is 2.37 bits per heavy atom. The molecule has 0 aliphatic carbocycles. The van der Waals surface area contributed by atoms with E-state index in [1.54, 1.807) is 24.4 Å². The first-order chi connectivity index (χ1) is 19.3. The first-order valence-corrected chi connectivity index (χ1v) is 13.3. The molecule has 2 aromatic carbocycles. The summed E-state index contributed by atoms with van der Waals surface area (Å²) in [7, 11) is -3.87. The van der Waals surface area contributed by atoms with Gasteiger partial charge in [0.2, 0.25) is 28.6 Å². The van der Waals surface area contributed by atoms with Gasteiger partial charge in [-0.05, 0) is 65.3 Å². The molecule has 0 radical (unpaired) electrons. The number of carbonyl (C=O) groups excluding carboxylic acids is 2. The quantitative estimate of drug-likeness (QED) is 0.257. The molecule has 4 N–H and O–H groups in total. The summed E-state index contributed by atoms with van der Waals surface area (Å²) in [6, 6.07) is 12.0. The van der Waals surface area contributed by atoms with Crippen LogP contribution >= 0.6 is 0 Å². The fourth-order valence-electron chi connectivity index (χ4n) is 3.54. The number of nitrogens with one attached hydrogen (secondary N) is 2. The number of anilines is 2. The van der Waals surface area contributed by atoms with Crippen molar-refractivity contribution in [3.8, 4) is 0 Å². The maximum Gasteiger partial charge on any atom is 0.416 e. The fourth-order valence-corrected chi connectivity index (χ4v) is 4.07. The van der Waals surface area contributed by atoms with Crippen LogP contribution in [0.4, 0.5) is 35.2 Å². The minimum absolute atomic E-state index is 0.0395. The number of benzene rings is 2. The normalized spacial score (nSPS) is 12.4. The lowest BCUT2D eigenvalue weighted by Gasteiger charge is -2.18. The summed E-state index contributed by atoms with van der Waals surface area (Å²) in [4.78, 5) is 29.2. The lowest BCUT2D eigenvalue weighted by Crippen LogP contribution is -2.35. The van der Waals surface area contributed by atoms with Crippen LogP contribution in [0.25, 0.3) is 5.32 Å². The van der Waals surface area contributed by atoms with Gasteiger partial charge in [-0.2, -0.15) is 13.2 Å². The molecular weight excluding hydrogens is 567 g/mol. The maximum atomic E-state index is 13.6. The van der Waals surface area contributed by atoms with Crippen molar-refractivity contribution in [3.63, 3.8) is 0 Å². The van der Waals surface area contributed by atoms with Crippen molar-refractivity contribution >= 4 is 39.2 Å². The number of urea groups is 1. The average molecular weight is 590 g/mol. The zero-order valence-corrected chi connectivity index (χ0v) is 22.0. The second kappa shape index (κ2) is 11.7. The number of rotatable bonds is 8. The van der Waals surface area contributed by atoms with Crippen molar-refractivity contribution in [2.45, 2.75) is 24.9 Å². The molecule has 4 aromatic rings. The van der Waals surface area contributed by atoms with Crippen LogP contribution < -0.4 is 20.5 Å². The number of aromatic nitrogens is 3. The minimum atomic E-state index is -4.80. The summed E-state index contributed by atoms with van der Waals surface area (Å²) in [6.45, 7) is 1.60. The van der Waals surface area contributed by atoms with Crippen molar-refractivity contribution in [1.29, 1.82) is 0 Å². The fraction of sp³-hybridized carbons (Fsp3) is 0.160. The van der Waals surface area contributed by atoms with E-state index in [9.17, 15) is 31.2 Å². The molecule has 1 atom stereocenters. The van der Waals surface area contributed by atoms with Gasteiger partial charge in [-0.25, -0.2) is 13.6 Å². The molecule has 0 aliphatic heterocycles. The van der Waals surface area contributed by atoms with E-state index < -0.39 is 39.0 Å². The van der Waals surface area contributed by atoms with E-state index in [1.807, 2.05) is 0 Å². The number of nitrogens with zero attached hydrogens (tertiary/aromatic N) is 4. The molecule has 0 fully saturated rings. The molecule has 1 unspecified atom stereocenters. The number of alkyl halides is 3. The maximum absolute atomic E-state index is 13.6. The third kappa shape index (κ3) is 7.86. The van der Waals surface area contributed by atoms with E-state index in [1.165, 1.54) is 42.1 Å². The van der Waals surface area contributed by atoms with Gasteiger partial charge in [-0.3, -0.25) is 14.6 Å². The summed E-state index contributed by atoms with van der Waals surface area (Å²) >= 11 is 0. The number of hydrogen-bond donors (Lipinski definition) is 3. The molecule has 2 aromatic heterocycles. The highest BCUT2D eigenvalue weighted by molar-refractivity contribution is 7.89. The Morgan fingerprint density at radius 1 is 1.07 bits per heavy atom. The number of hydrogen-bond acceptors (Lipinski definition) is 7. The second-order valence-electron chi connectivity index (χ2n) is 8.71. The van der Waals surface area contributed by atoms with Crippen LogP contribution in [-0.2, 0) is 22.7 Å². The smallest absolute Gasteiger partial charge is 0.416 e. The van der Waals surface area contributed by atoms with E-state index in [-0.39, 0.29) is 29.4 Å². The molecule has 12 nitrogen and oxygen atoms in total. The number of pyridine rings is 1. The van der Waals surface area contributed by atoms with Gasteiger partial charge < -0.3 is 20.5 Å². The highest BCUT2D eigenvalue weighted by Gasteiger charge is 2.31. The predicted molar refractivity (Wildman–Crippen MR) is 139 cm³/mol. The number of sulfonamides is 1. The van der Waals surface area contributed by atoms with Crippen molar-refractivity contribution < 1.29 is 40.4 Å². The molecule has 2 heterocycles. The third-order valence-electron chi connectivity index (χ3n) is 5.67. The highest BCUT2D eigenvalue weighted by Crippen LogP contribution is 2.34. The van der Waals surface area contributed by atoms with Gasteiger partial charge in [0.15, 0.2) is 11.3 Å². The SMILES string of the molecule is CC(c1ccc(C(=O)Nc2cc(NC(=O)[N-]c3c[n+](Cc4ccccn4)no3)cc(C(F)(F)F)c2)cc1)S(N)(=O)=O. The molecular formula is C25H22F3N7O5S. The van der Waals surface area contributed by atoms with Crippen LogP contribution in [0, 0.1) is 0 Å². The number of nitrogens with two attached hydrogens (primary N) is 1. The summed E-state index contributed by atoms with van der Waals surface area (Å²) in [6.07, 6.45) is -1.90. The molecule has 0 bridgehead atoms. The van der Waals surface area contributed by atoms with Crippen LogP contribution in [-0.4, -0.2) is 30.6 Å². The zero-order chi connectivity index (χ0) is 29.8. The van der Waals surface area contributed by atoms with Gasteiger partial charge in [0.1, 0.15) is 5.69 Å². The number of halogens is 3. The second-order valence-corrected chi connectivity index (χ2v) is 10.6. The summed E-state index contributed by atoms with van der Waals surface area (Å²) < 4.78 is 70.0. The zero-order valence-electron chi connectivity index (χ0n) is 21.2. The Labute approximate surface area is 231 Å². The van der Waals surface area contributed by atoms with Crippen LogP contribution in [0.3, 0.4) is 0 Å². The lowest BCUT2D eigenvalue weighted by molar-refractivity contribution is -0.755. The summed E-state index contributed by atoms with van der Waals surface area (Å²) in [5.41, 5.74) is -0.689. The average Bonchev–Trinajstić information content (AvgIpc) is 3.33. The molecule has 0 aliphatic rings. The van der Waals surface area contributed by atoms with Crippen LogP contribution in [0.5, 0.6) is 0 Å². The van der Waals surface area contributed by atoms with E-state index in [0.717, 1.165) is 6.07 Å². The number of amides is 3. The standard InChI is InChI=1S/C25H22F3N7O5S/c1-15(41(29,38)39)16-5-7-17(8-6-16)23(36)31-20-10-18(25(26,27)28)11-21(12-20)32-24(37)33-22-14-35(34-40-22)13-19-4-2-3-9-30-19/h2-12,14-15H,13H2,1H3,(H4-,29,31,32,33,34,36,37,38,39). The lowest BCUT2D eigenvalue weighted by atomic mass is 10.1. The van der Waals surface area contributed by atoms with Crippen molar-refractivity contribution in [2.24, 2.45) is 5.14 Å². The van der Waals surface area contributed by atoms with Gasteiger partial charge in [0.25, 0.3) is 5.91 Å². The molecule has 4 rings (SSSR count). The van der Waals surface area contributed by atoms with E-state index in [4.69, 9.17) is 9.66 Å². The molecule has 16 heteroatoms. The third-order valence-corrected chi connectivity index (χ3v) is 6.92. The Balaban J connectivity index is 1.46. The van der Waals surface area contributed by atoms with E-state index in [2.05, 4.69) is 26.2 Å². The Morgan fingerprint density at radius 2 is 1.76 bits per heavy atom. The first kappa shape index (κ1) is 29.2. The molecule has 41 heavy (non-hydrogen) atoms. The molecule has 0 spiro atoms. The van der Waals surface area contributed by atoms with Crippen LogP contribution in [0.2, 0.25) is 0 Å². The molecule has 214 valence electrons. The first-order valence-electron chi connectivity index (χ1n) is 11.7. The van der Waals surface area contributed by atoms with Gasteiger partial charge >= 0.3 is 6.18 Å². The van der Waals surface area contributed by atoms with Crippen LogP contribution in [0.1, 0.15) is 39.4 Å². The predicted octanol–water partition coefficient (Wildman–Crippen LogP) is 4.26. The van der Waals surface area contributed by atoms with Crippen molar-refractivity contribution in [2.75, 3.05) is 10.6 Å². The minimum Gasteiger partial charge on any atom is -0.424 e. The van der Waals surface area contributed by atoms with Gasteiger partial charge in [-0.1, -0.05) is 18.2 Å². The van der Waals surface area contributed by atoms with E-state index >= 15 is 0 Å². The Bertz CT molecular complexity index is 1660. The largest absolute Gasteiger partial charge is 0.424 e. The molecule has 3 amide bonds. The van der Waals surface area contributed by atoms with Gasteiger partial charge in [0.05, 0.1) is 10.8 Å². The Kier molecular flexibility index (Phi) is 8.34. The monoisotopic (exact) mass is 589 g/mol. The van der Waals surface area contributed by atoms with Gasteiger partial charge in [0, 0.05) is 17.4 Å².